The van der Waals surface area contributed by atoms with E-state index in [1.54, 1.807) is 19.4 Å². The topological polar surface area (TPSA) is 81.6 Å². The number of nitrogens with zero attached hydrogens (tertiary/aromatic N) is 3. The maximum atomic E-state index is 12.3. The molecule has 1 saturated heterocycles. The van der Waals surface area contributed by atoms with Crippen molar-refractivity contribution in [3.63, 3.8) is 0 Å². The predicted octanol–water partition coefficient (Wildman–Crippen LogP) is 2.11. The van der Waals surface area contributed by atoms with Crippen molar-refractivity contribution in [1.29, 1.82) is 0 Å². The first-order valence-electron chi connectivity index (χ1n) is 8.46. The molecule has 0 aromatic carbocycles. The van der Waals surface area contributed by atoms with E-state index in [0.717, 1.165) is 6.29 Å². The van der Waals surface area contributed by atoms with Crippen LogP contribution in [0.1, 0.15) is 23.2 Å². The van der Waals surface area contributed by atoms with Crippen LogP contribution in [0, 0.1) is 5.92 Å². The second-order valence-electron chi connectivity index (χ2n) is 6.70. The lowest BCUT2D eigenvalue weighted by atomic mass is 9.80. The summed E-state index contributed by atoms with van der Waals surface area (Å²) in [6, 6.07) is 1.62. The number of likely N-dealkylation sites (tertiary alicyclic amines) is 1. The molecule has 4 rings (SSSR count). The Bertz CT molecular complexity index is 863. The third kappa shape index (κ3) is 3.01. The first-order valence-corrected chi connectivity index (χ1v) is 8.84. The summed E-state index contributed by atoms with van der Waals surface area (Å²) in [5.41, 5.74) is 0.434. The van der Waals surface area contributed by atoms with Crippen molar-refractivity contribution in [2.75, 3.05) is 20.2 Å². The number of rotatable bonds is 5. The van der Waals surface area contributed by atoms with Crippen LogP contribution >= 0.6 is 11.6 Å². The van der Waals surface area contributed by atoms with Crippen LogP contribution in [0.2, 0.25) is 5.15 Å². The number of halogens is 1. The number of fused-ring (bicyclic) bond motifs is 1. The first-order chi connectivity index (χ1) is 12.6. The zero-order chi connectivity index (χ0) is 18.3. The van der Waals surface area contributed by atoms with Crippen molar-refractivity contribution in [3.05, 3.63) is 29.2 Å². The van der Waals surface area contributed by atoms with Gasteiger partial charge in [-0.2, -0.15) is 0 Å². The van der Waals surface area contributed by atoms with Crippen LogP contribution in [0.15, 0.2) is 18.5 Å². The van der Waals surface area contributed by atoms with Gasteiger partial charge in [-0.05, 0) is 18.9 Å². The third-order valence-corrected chi connectivity index (χ3v) is 5.28. The molecule has 0 N–H and O–H groups in total. The van der Waals surface area contributed by atoms with Gasteiger partial charge in [0, 0.05) is 49.5 Å². The van der Waals surface area contributed by atoms with Crippen molar-refractivity contribution in [2.24, 2.45) is 5.92 Å². The van der Waals surface area contributed by atoms with Crippen molar-refractivity contribution < 1.29 is 19.1 Å². The Morgan fingerprint density at radius 2 is 2.00 bits per heavy atom. The number of carbonyl (C=O) groups excluding carboxylic acids is 2. The number of hydrogen-bond acceptors (Lipinski definition) is 6. The van der Waals surface area contributed by atoms with Crippen molar-refractivity contribution in [1.82, 2.24) is 14.9 Å². The van der Waals surface area contributed by atoms with Gasteiger partial charge in [0.1, 0.15) is 11.3 Å². The highest BCUT2D eigenvalue weighted by molar-refractivity contribution is 6.30. The Morgan fingerprint density at radius 1 is 1.23 bits per heavy atom. The van der Waals surface area contributed by atoms with E-state index in [1.807, 2.05) is 4.90 Å². The molecule has 2 fully saturated rings. The molecule has 3 heterocycles. The molecule has 1 aliphatic heterocycles. The number of pyridine rings is 2. The molecular weight excluding hydrogens is 358 g/mol. The second-order valence-corrected chi connectivity index (χ2v) is 7.09. The smallest absolute Gasteiger partial charge is 0.226 e. The Morgan fingerprint density at radius 3 is 2.69 bits per heavy atom. The number of aldehydes is 1. The van der Waals surface area contributed by atoms with E-state index >= 15 is 0 Å². The lowest BCUT2D eigenvalue weighted by molar-refractivity contribution is -0.153. The molecule has 7 nitrogen and oxygen atoms in total. The molecule has 0 spiro atoms. The molecule has 1 saturated carbocycles. The van der Waals surface area contributed by atoms with E-state index in [0.29, 0.717) is 53.3 Å². The van der Waals surface area contributed by atoms with Crippen LogP contribution in [0.3, 0.4) is 0 Å². The van der Waals surface area contributed by atoms with E-state index < -0.39 is 0 Å². The molecule has 2 aliphatic rings. The zero-order valence-electron chi connectivity index (χ0n) is 14.2. The molecule has 0 bridgehead atoms. The first kappa shape index (κ1) is 17.2. The van der Waals surface area contributed by atoms with Crippen molar-refractivity contribution in [2.45, 2.75) is 25.0 Å². The number of carbonyl (C=O) groups is 2. The minimum absolute atomic E-state index is 0.00844. The number of amides is 1. The fourth-order valence-electron chi connectivity index (χ4n) is 3.34. The van der Waals surface area contributed by atoms with Crippen LogP contribution in [-0.4, -0.2) is 59.5 Å². The lowest BCUT2D eigenvalue weighted by Gasteiger charge is -2.43. The Labute approximate surface area is 155 Å². The van der Waals surface area contributed by atoms with Crippen LogP contribution < -0.4 is 4.74 Å². The monoisotopic (exact) mass is 375 g/mol. The van der Waals surface area contributed by atoms with Crippen LogP contribution in [0.25, 0.3) is 10.8 Å². The van der Waals surface area contributed by atoms with Gasteiger partial charge in [0.25, 0.3) is 0 Å². The summed E-state index contributed by atoms with van der Waals surface area (Å²) < 4.78 is 11.2. The van der Waals surface area contributed by atoms with Gasteiger partial charge >= 0.3 is 0 Å². The molecule has 0 atom stereocenters. The largest absolute Gasteiger partial charge is 0.474 e. The van der Waals surface area contributed by atoms with Gasteiger partial charge in [-0.25, -0.2) is 9.97 Å². The van der Waals surface area contributed by atoms with Crippen molar-refractivity contribution in [3.8, 4) is 5.88 Å². The number of methoxy groups -OCH3 is 1. The van der Waals surface area contributed by atoms with Crippen molar-refractivity contribution >= 4 is 34.6 Å². The van der Waals surface area contributed by atoms with Gasteiger partial charge in [-0.1, -0.05) is 11.6 Å². The average molecular weight is 376 g/mol. The molecule has 136 valence electrons. The van der Waals surface area contributed by atoms with Crippen LogP contribution in [0.4, 0.5) is 0 Å². The highest BCUT2D eigenvalue weighted by atomic mass is 35.5. The Balaban J connectivity index is 1.42. The predicted molar refractivity (Wildman–Crippen MR) is 94.5 cm³/mol. The summed E-state index contributed by atoms with van der Waals surface area (Å²) in [6.07, 6.45) is 5.16. The molecule has 0 unspecified atom stereocenters. The van der Waals surface area contributed by atoms with Gasteiger partial charge in [0.05, 0.1) is 11.5 Å². The van der Waals surface area contributed by atoms with E-state index in [4.69, 9.17) is 21.1 Å². The van der Waals surface area contributed by atoms with E-state index in [9.17, 15) is 9.59 Å². The summed E-state index contributed by atoms with van der Waals surface area (Å²) in [5, 5.41) is 1.60. The van der Waals surface area contributed by atoms with Crippen LogP contribution in [-0.2, 0) is 9.53 Å². The maximum absolute atomic E-state index is 12.3. The van der Waals surface area contributed by atoms with Gasteiger partial charge in [0.2, 0.25) is 11.8 Å². The summed E-state index contributed by atoms with van der Waals surface area (Å²) in [5.74, 6) is 0.570. The molecule has 1 aliphatic carbocycles. The molecule has 0 radical (unpaired) electrons. The van der Waals surface area contributed by atoms with Gasteiger partial charge in [0.15, 0.2) is 6.29 Å². The third-order valence-electron chi connectivity index (χ3n) is 5.08. The molecule has 2 aromatic rings. The summed E-state index contributed by atoms with van der Waals surface area (Å²) in [4.78, 5) is 33.6. The van der Waals surface area contributed by atoms with E-state index in [-0.39, 0.29) is 24.0 Å². The lowest BCUT2D eigenvalue weighted by Crippen LogP contribution is -2.58. The fraction of sp³-hybridized carbons (Fsp3) is 0.444. The number of hydrogen-bond donors (Lipinski definition) is 0. The highest BCUT2D eigenvalue weighted by Gasteiger charge is 2.42. The summed E-state index contributed by atoms with van der Waals surface area (Å²) >= 11 is 5.93. The summed E-state index contributed by atoms with van der Waals surface area (Å²) in [7, 11) is 1.66. The second kappa shape index (κ2) is 6.81. The zero-order valence-corrected chi connectivity index (χ0v) is 15.0. The van der Waals surface area contributed by atoms with Crippen LogP contribution in [0.5, 0.6) is 5.88 Å². The molecule has 1 amide bonds. The molecule has 8 heteroatoms. The maximum Gasteiger partial charge on any atom is 0.226 e. The fourth-order valence-corrected chi connectivity index (χ4v) is 3.50. The average Bonchev–Trinajstić information content (AvgIpc) is 2.56. The van der Waals surface area contributed by atoms with E-state index in [1.165, 1.54) is 6.20 Å². The van der Waals surface area contributed by atoms with Gasteiger partial charge < -0.3 is 14.4 Å². The Hall–Kier alpha value is -2.25. The van der Waals surface area contributed by atoms with E-state index in [2.05, 4.69) is 9.97 Å². The SMILES string of the molecule is COC1CN(C(=O)C2CC(Oc3ncc(C=O)c4cc(Cl)ncc34)C2)C1. The van der Waals surface area contributed by atoms with Gasteiger partial charge in [-0.15, -0.1) is 0 Å². The number of ether oxygens (including phenoxy) is 2. The molecular formula is C18H18ClN3O4. The normalized spacial score (nSPS) is 22.6. The summed E-state index contributed by atoms with van der Waals surface area (Å²) in [6.45, 7) is 1.34. The number of aromatic nitrogens is 2. The minimum Gasteiger partial charge on any atom is -0.474 e. The Kier molecular flexibility index (Phi) is 4.50. The molecule has 26 heavy (non-hydrogen) atoms. The van der Waals surface area contributed by atoms with Gasteiger partial charge in [-0.3, -0.25) is 9.59 Å². The quantitative estimate of drug-likeness (QED) is 0.588. The standard InChI is InChI=1S/C18H18ClN3O4/c1-25-13-7-22(8-13)18(24)10-2-12(3-10)26-17-15-6-20-16(19)4-14(15)11(9-23)5-21-17/h4-6,9-10,12-13H,2-3,7-8H2,1H3. The minimum atomic E-state index is -0.0723. The molecule has 2 aromatic heterocycles. The highest BCUT2D eigenvalue weighted by Crippen LogP contribution is 2.36.